The normalized spacial score (nSPS) is 24.6. The first-order chi connectivity index (χ1) is 8.45. The zero-order valence-corrected chi connectivity index (χ0v) is 11.0. The molecule has 7 nitrogen and oxygen atoms in total. The van der Waals surface area contributed by atoms with Gasteiger partial charge < -0.3 is 14.4 Å². The molecule has 2 N–H and O–H groups in total. The van der Waals surface area contributed by atoms with E-state index in [1.54, 1.807) is 4.57 Å². The van der Waals surface area contributed by atoms with Gasteiger partial charge in [-0.05, 0) is 6.92 Å². The molecule has 0 bridgehead atoms. The van der Waals surface area contributed by atoms with E-state index in [9.17, 15) is 13.5 Å². The van der Waals surface area contributed by atoms with E-state index in [0.29, 0.717) is 19.6 Å². The third-order valence-electron chi connectivity index (χ3n) is 2.92. The largest absolute Gasteiger partial charge is 0.386 e. The number of hydrogen-bond donors (Lipinski definition) is 2. The molecule has 102 valence electrons. The minimum Gasteiger partial charge on any atom is -0.386 e. The van der Waals surface area contributed by atoms with Gasteiger partial charge in [-0.2, -0.15) is 0 Å². The van der Waals surface area contributed by atoms with E-state index in [4.69, 9.17) is 4.74 Å². The summed E-state index contributed by atoms with van der Waals surface area (Å²) in [6, 6.07) is 0. The molecule has 0 aliphatic carbocycles. The van der Waals surface area contributed by atoms with E-state index >= 15 is 0 Å². The van der Waals surface area contributed by atoms with Gasteiger partial charge in [0.15, 0.2) is 5.03 Å². The summed E-state index contributed by atoms with van der Waals surface area (Å²) in [6.07, 6.45) is 3.35. The summed E-state index contributed by atoms with van der Waals surface area (Å²) < 4.78 is 32.9. The van der Waals surface area contributed by atoms with E-state index in [0.717, 1.165) is 0 Å². The maximum Gasteiger partial charge on any atom is 0.259 e. The van der Waals surface area contributed by atoms with Crippen LogP contribution in [-0.2, 0) is 21.3 Å². The maximum atomic E-state index is 11.9. The second-order valence-electron chi connectivity index (χ2n) is 4.39. The fourth-order valence-corrected chi connectivity index (χ4v) is 2.76. The van der Waals surface area contributed by atoms with Crippen molar-refractivity contribution in [2.24, 2.45) is 0 Å². The van der Waals surface area contributed by atoms with E-state index in [2.05, 4.69) is 9.71 Å². The average molecular weight is 275 g/mol. The molecule has 18 heavy (non-hydrogen) atoms. The summed E-state index contributed by atoms with van der Waals surface area (Å²) in [6.45, 7) is 3.08. The molecule has 0 saturated carbocycles. The van der Waals surface area contributed by atoms with Crippen molar-refractivity contribution in [2.75, 3.05) is 19.8 Å². The van der Waals surface area contributed by atoms with Crippen LogP contribution in [0.4, 0.5) is 0 Å². The van der Waals surface area contributed by atoms with Crippen LogP contribution in [0.15, 0.2) is 17.6 Å². The van der Waals surface area contributed by atoms with Crippen LogP contribution in [0.2, 0.25) is 0 Å². The first kappa shape index (κ1) is 13.5. The Hall–Kier alpha value is -0.960. The Morgan fingerprint density at radius 1 is 1.67 bits per heavy atom. The fraction of sp³-hybridized carbons (Fsp3) is 0.700. The Bertz CT molecular complexity index is 505. The van der Waals surface area contributed by atoms with Gasteiger partial charge in [-0.1, -0.05) is 0 Å². The number of imidazole rings is 1. The van der Waals surface area contributed by atoms with Gasteiger partial charge in [0, 0.05) is 32.3 Å². The van der Waals surface area contributed by atoms with Gasteiger partial charge in [-0.25, -0.2) is 18.1 Å². The molecule has 1 aromatic heterocycles. The molecular formula is C10H17N3O4S. The number of nitrogens with one attached hydrogen (secondary N) is 1. The highest BCUT2D eigenvalue weighted by Crippen LogP contribution is 2.18. The molecule has 1 aromatic rings. The highest BCUT2D eigenvalue weighted by molar-refractivity contribution is 7.89. The number of ether oxygens (including phenoxy) is 1. The highest BCUT2D eigenvalue weighted by atomic mass is 32.2. The molecule has 1 atom stereocenters. The second kappa shape index (κ2) is 4.96. The van der Waals surface area contributed by atoms with E-state index in [1.807, 2.05) is 6.92 Å². The summed E-state index contributed by atoms with van der Waals surface area (Å²) in [5.41, 5.74) is -1.11. The molecule has 1 saturated heterocycles. The first-order valence-electron chi connectivity index (χ1n) is 5.77. The van der Waals surface area contributed by atoms with Gasteiger partial charge in [0.05, 0.1) is 12.9 Å². The number of rotatable bonds is 5. The Balaban J connectivity index is 2.03. The Morgan fingerprint density at radius 3 is 3.00 bits per heavy atom. The lowest BCUT2D eigenvalue weighted by molar-refractivity contribution is 0.0314. The predicted molar refractivity (Wildman–Crippen MR) is 63.5 cm³/mol. The van der Waals surface area contributed by atoms with Crippen molar-refractivity contribution in [3.05, 3.63) is 12.5 Å². The molecular weight excluding hydrogens is 258 g/mol. The molecule has 1 unspecified atom stereocenters. The molecule has 2 heterocycles. The van der Waals surface area contributed by atoms with Crippen molar-refractivity contribution in [1.82, 2.24) is 14.3 Å². The van der Waals surface area contributed by atoms with Crippen LogP contribution < -0.4 is 4.72 Å². The Morgan fingerprint density at radius 2 is 2.44 bits per heavy atom. The Labute approximate surface area is 106 Å². The van der Waals surface area contributed by atoms with Crippen molar-refractivity contribution >= 4 is 10.0 Å². The number of aryl methyl sites for hydroxylation is 1. The van der Waals surface area contributed by atoms with Gasteiger partial charge in [0.25, 0.3) is 10.0 Å². The standard InChI is InChI=1S/C10H17N3O4S/c1-2-13-5-9(11-8-13)18(15,16)12-6-10(14)3-4-17-7-10/h5,8,12,14H,2-4,6-7H2,1H3. The van der Waals surface area contributed by atoms with Crippen molar-refractivity contribution in [2.45, 2.75) is 30.5 Å². The van der Waals surface area contributed by atoms with Crippen LogP contribution in [0.5, 0.6) is 0 Å². The monoisotopic (exact) mass is 275 g/mol. The molecule has 8 heteroatoms. The maximum absolute atomic E-state index is 11.9. The molecule has 0 aromatic carbocycles. The van der Waals surface area contributed by atoms with Gasteiger partial charge in [-0.15, -0.1) is 0 Å². The minimum absolute atomic E-state index is 0.0353. The molecule has 2 rings (SSSR count). The number of aliphatic hydroxyl groups is 1. The fourth-order valence-electron chi connectivity index (χ4n) is 1.69. The average Bonchev–Trinajstić information content (AvgIpc) is 2.96. The summed E-state index contributed by atoms with van der Waals surface area (Å²) in [7, 11) is -3.67. The lowest BCUT2D eigenvalue weighted by atomic mass is 10.1. The molecule has 1 aliphatic heterocycles. The number of nitrogens with zero attached hydrogens (tertiary/aromatic N) is 2. The summed E-state index contributed by atoms with van der Waals surface area (Å²) >= 11 is 0. The molecule has 1 aliphatic rings. The highest BCUT2D eigenvalue weighted by Gasteiger charge is 2.34. The van der Waals surface area contributed by atoms with Crippen molar-refractivity contribution in [3.63, 3.8) is 0 Å². The lowest BCUT2D eigenvalue weighted by Crippen LogP contribution is -2.43. The van der Waals surface area contributed by atoms with Gasteiger partial charge >= 0.3 is 0 Å². The van der Waals surface area contributed by atoms with Crippen LogP contribution in [0, 0.1) is 0 Å². The third kappa shape index (κ3) is 2.89. The number of aromatic nitrogens is 2. The third-order valence-corrected chi connectivity index (χ3v) is 4.21. The van der Waals surface area contributed by atoms with Crippen LogP contribution >= 0.6 is 0 Å². The number of hydrogen-bond acceptors (Lipinski definition) is 5. The second-order valence-corrected chi connectivity index (χ2v) is 6.11. The molecule has 0 spiro atoms. The quantitative estimate of drug-likeness (QED) is 0.743. The van der Waals surface area contributed by atoms with E-state index in [1.165, 1.54) is 12.5 Å². The summed E-state index contributed by atoms with van der Waals surface area (Å²) in [5, 5.41) is 9.94. The smallest absolute Gasteiger partial charge is 0.259 e. The van der Waals surface area contributed by atoms with Gasteiger partial charge in [0.2, 0.25) is 0 Å². The summed E-state index contributed by atoms with van der Waals surface area (Å²) in [5.74, 6) is 0. The van der Waals surface area contributed by atoms with Crippen LogP contribution in [-0.4, -0.2) is 48.4 Å². The van der Waals surface area contributed by atoms with Crippen LogP contribution in [0.1, 0.15) is 13.3 Å². The summed E-state index contributed by atoms with van der Waals surface area (Å²) in [4.78, 5) is 3.83. The molecule has 0 radical (unpaired) electrons. The first-order valence-corrected chi connectivity index (χ1v) is 7.25. The molecule has 0 amide bonds. The predicted octanol–water partition coefficient (Wildman–Crippen LogP) is -0.667. The van der Waals surface area contributed by atoms with Crippen LogP contribution in [0.25, 0.3) is 0 Å². The van der Waals surface area contributed by atoms with Crippen LogP contribution in [0.3, 0.4) is 0 Å². The van der Waals surface area contributed by atoms with E-state index < -0.39 is 15.6 Å². The van der Waals surface area contributed by atoms with E-state index in [-0.39, 0.29) is 18.2 Å². The Kier molecular flexibility index (Phi) is 3.71. The van der Waals surface area contributed by atoms with Gasteiger partial charge in [0.1, 0.15) is 5.60 Å². The van der Waals surface area contributed by atoms with Crippen molar-refractivity contribution in [3.8, 4) is 0 Å². The topological polar surface area (TPSA) is 93.5 Å². The zero-order valence-electron chi connectivity index (χ0n) is 10.2. The van der Waals surface area contributed by atoms with Crippen molar-refractivity contribution in [1.29, 1.82) is 0 Å². The lowest BCUT2D eigenvalue weighted by Gasteiger charge is -2.20. The van der Waals surface area contributed by atoms with Crippen molar-refractivity contribution < 1.29 is 18.3 Å². The SMILES string of the molecule is CCn1cnc(S(=O)(=O)NCC2(O)CCOC2)c1. The number of sulfonamides is 1. The zero-order chi connectivity index (χ0) is 13.2. The van der Waals surface area contributed by atoms with Gasteiger partial charge in [-0.3, -0.25) is 0 Å². The minimum atomic E-state index is -3.67. The molecule has 1 fully saturated rings.